The highest BCUT2D eigenvalue weighted by Crippen LogP contribution is 2.39. The molecular weight excluding hydrogens is 380 g/mol. The van der Waals surface area contributed by atoms with Gasteiger partial charge in [0.2, 0.25) is 0 Å². The van der Waals surface area contributed by atoms with Crippen LogP contribution in [0.1, 0.15) is 20.7 Å². The lowest BCUT2D eigenvalue weighted by Crippen LogP contribution is -2.12. The summed E-state index contributed by atoms with van der Waals surface area (Å²) in [6.07, 6.45) is -0.0509. The quantitative estimate of drug-likeness (QED) is 0.382. The van der Waals surface area contributed by atoms with Gasteiger partial charge in [0.25, 0.3) is 0 Å². The summed E-state index contributed by atoms with van der Waals surface area (Å²) in [6.45, 7) is 0.775. The molecule has 1 atom stereocenters. The molecule has 1 saturated heterocycles. The van der Waals surface area contributed by atoms with Crippen LogP contribution in [0, 0.1) is 0 Å². The van der Waals surface area contributed by atoms with Gasteiger partial charge in [0.15, 0.2) is 0 Å². The zero-order chi connectivity index (χ0) is 20.7. The minimum atomic E-state index is -1.05. The van der Waals surface area contributed by atoms with Gasteiger partial charge in [0, 0.05) is 11.1 Å². The molecule has 0 aliphatic carbocycles. The fourth-order valence-corrected chi connectivity index (χ4v) is 3.84. The first-order valence-electron chi connectivity index (χ1n) is 9.69. The topological polar surface area (TPSA) is 76.1 Å². The van der Waals surface area contributed by atoms with Crippen molar-refractivity contribution in [3.63, 3.8) is 0 Å². The first kappa shape index (κ1) is 18.3. The van der Waals surface area contributed by atoms with Gasteiger partial charge in [-0.2, -0.15) is 0 Å². The average Bonchev–Trinajstić information content (AvgIpc) is 3.60. The molecule has 0 aromatic heterocycles. The van der Waals surface area contributed by atoms with E-state index >= 15 is 0 Å². The van der Waals surface area contributed by atoms with E-state index in [2.05, 4.69) is 0 Å². The van der Waals surface area contributed by atoms with Crippen molar-refractivity contribution in [2.75, 3.05) is 13.2 Å². The number of ether oxygens (including phenoxy) is 2. The summed E-state index contributed by atoms with van der Waals surface area (Å²) in [4.78, 5) is 25.2. The van der Waals surface area contributed by atoms with Gasteiger partial charge in [-0.05, 0) is 33.7 Å². The van der Waals surface area contributed by atoms with Crippen LogP contribution < -0.4 is 0 Å². The van der Waals surface area contributed by atoms with E-state index in [1.165, 1.54) is 0 Å². The Morgan fingerprint density at radius 3 is 1.93 bits per heavy atom. The Morgan fingerprint density at radius 1 is 0.833 bits per heavy atom. The summed E-state index contributed by atoms with van der Waals surface area (Å²) in [7, 11) is 0. The molecule has 4 aromatic rings. The lowest BCUT2D eigenvalue weighted by molar-refractivity contribution is 0.0477. The van der Waals surface area contributed by atoms with Crippen LogP contribution in [0.2, 0.25) is 0 Å². The summed E-state index contributed by atoms with van der Waals surface area (Å²) < 4.78 is 10.6. The van der Waals surface area contributed by atoms with Crippen LogP contribution in [0.25, 0.3) is 32.7 Å². The molecule has 5 nitrogen and oxygen atoms in total. The second-order valence-electron chi connectivity index (χ2n) is 7.28. The fraction of sp³-hybridized carbons (Fsp3) is 0.120. The van der Waals surface area contributed by atoms with E-state index in [4.69, 9.17) is 9.47 Å². The summed E-state index contributed by atoms with van der Waals surface area (Å²) in [5, 5.41) is 13.3. The second kappa shape index (κ2) is 7.28. The van der Waals surface area contributed by atoms with Crippen molar-refractivity contribution in [2.24, 2.45) is 0 Å². The van der Waals surface area contributed by atoms with Gasteiger partial charge in [-0.1, -0.05) is 60.7 Å². The Balaban J connectivity index is 1.83. The molecule has 1 heterocycles. The number of fused-ring (bicyclic) bond motifs is 2. The lowest BCUT2D eigenvalue weighted by Gasteiger charge is -2.17. The number of hydrogen-bond acceptors (Lipinski definition) is 4. The van der Waals surface area contributed by atoms with Gasteiger partial charge < -0.3 is 14.6 Å². The minimum absolute atomic E-state index is 0.0509. The lowest BCUT2D eigenvalue weighted by atomic mass is 9.87. The number of benzene rings is 4. The third kappa shape index (κ3) is 3.19. The minimum Gasteiger partial charge on any atom is -0.478 e. The van der Waals surface area contributed by atoms with Crippen molar-refractivity contribution >= 4 is 33.5 Å². The third-order valence-electron chi connectivity index (χ3n) is 5.36. The van der Waals surface area contributed by atoms with Gasteiger partial charge in [0.05, 0.1) is 17.7 Å². The molecule has 0 saturated carbocycles. The largest absolute Gasteiger partial charge is 0.478 e. The summed E-state index contributed by atoms with van der Waals surface area (Å²) >= 11 is 0. The summed E-state index contributed by atoms with van der Waals surface area (Å²) in [5.74, 6) is -1.54. The first-order valence-corrected chi connectivity index (χ1v) is 9.69. The molecule has 1 fully saturated rings. The zero-order valence-electron chi connectivity index (χ0n) is 16.0. The molecule has 4 aromatic carbocycles. The Labute approximate surface area is 172 Å². The molecule has 30 heavy (non-hydrogen) atoms. The predicted molar refractivity (Wildman–Crippen MR) is 114 cm³/mol. The molecule has 1 aliphatic heterocycles. The van der Waals surface area contributed by atoms with Gasteiger partial charge >= 0.3 is 11.9 Å². The molecular formula is C25H18O5. The van der Waals surface area contributed by atoms with Crippen LogP contribution in [0.5, 0.6) is 0 Å². The van der Waals surface area contributed by atoms with Crippen molar-refractivity contribution in [2.45, 2.75) is 6.10 Å². The van der Waals surface area contributed by atoms with E-state index in [-0.39, 0.29) is 18.3 Å². The van der Waals surface area contributed by atoms with Crippen LogP contribution in [0.15, 0.2) is 72.8 Å². The maximum absolute atomic E-state index is 13.0. The number of carbonyl (C=O) groups is 2. The number of carboxylic acid groups (broad SMARTS) is 1. The molecule has 0 spiro atoms. The number of esters is 1. The number of carbonyl (C=O) groups excluding carboxylic acids is 1. The monoisotopic (exact) mass is 398 g/mol. The Morgan fingerprint density at radius 2 is 1.37 bits per heavy atom. The number of epoxide rings is 1. The fourth-order valence-electron chi connectivity index (χ4n) is 3.84. The summed E-state index contributed by atoms with van der Waals surface area (Å²) in [5.41, 5.74) is 1.58. The van der Waals surface area contributed by atoms with Gasteiger partial charge in [-0.15, -0.1) is 0 Å². The smallest absolute Gasteiger partial charge is 0.338 e. The van der Waals surface area contributed by atoms with E-state index in [0.29, 0.717) is 23.3 Å². The Bertz CT molecular complexity index is 1300. The van der Waals surface area contributed by atoms with Crippen molar-refractivity contribution in [1.82, 2.24) is 0 Å². The predicted octanol–water partition coefficient (Wildman–Crippen LogP) is 4.91. The standard InChI is InChI=1S/C25H18O5/c26-24(27)20-11-9-15-5-1-3-7-18(15)22(20)23-19-8-4-2-6-16(19)10-12-21(23)25(28)30-14-17-13-29-17/h1-12,17H,13-14H2,(H,26,27). The van der Waals surface area contributed by atoms with E-state index in [1.54, 1.807) is 18.2 Å². The van der Waals surface area contributed by atoms with Crippen molar-refractivity contribution < 1.29 is 24.2 Å². The van der Waals surface area contributed by atoms with Crippen molar-refractivity contribution in [1.29, 1.82) is 0 Å². The molecule has 0 radical (unpaired) electrons. The van der Waals surface area contributed by atoms with Crippen LogP contribution >= 0.6 is 0 Å². The molecule has 5 heteroatoms. The highest BCUT2D eigenvalue weighted by Gasteiger charge is 2.27. The van der Waals surface area contributed by atoms with Crippen molar-refractivity contribution in [3.05, 3.63) is 83.9 Å². The van der Waals surface area contributed by atoms with Gasteiger partial charge in [-0.3, -0.25) is 0 Å². The average molecular weight is 398 g/mol. The van der Waals surface area contributed by atoms with E-state index in [9.17, 15) is 14.7 Å². The number of rotatable bonds is 5. The molecule has 1 N–H and O–H groups in total. The third-order valence-corrected chi connectivity index (χ3v) is 5.36. The summed E-state index contributed by atoms with van der Waals surface area (Å²) in [6, 6.07) is 22.2. The van der Waals surface area contributed by atoms with Gasteiger partial charge in [-0.25, -0.2) is 9.59 Å². The van der Waals surface area contributed by atoms with E-state index in [0.717, 1.165) is 21.5 Å². The van der Waals surface area contributed by atoms with Crippen LogP contribution in [0.3, 0.4) is 0 Å². The molecule has 1 unspecified atom stereocenters. The van der Waals surface area contributed by atoms with Crippen LogP contribution in [-0.4, -0.2) is 36.4 Å². The molecule has 5 rings (SSSR count). The van der Waals surface area contributed by atoms with E-state index in [1.807, 2.05) is 54.6 Å². The highest BCUT2D eigenvalue weighted by molar-refractivity contribution is 6.17. The van der Waals surface area contributed by atoms with Gasteiger partial charge in [0.1, 0.15) is 12.7 Å². The zero-order valence-corrected chi connectivity index (χ0v) is 16.0. The second-order valence-corrected chi connectivity index (χ2v) is 7.28. The molecule has 0 amide bonds. The maximum Gasteiger partial charge on any atom is 0.338 e. The van der Waals surface area contributed by atoms with Crippen LogP contribution in [0.4, 0.5) is 0 Å². The maximum atomic E-state index is 13.0. The Hall–Kier alpha value is -3.70. The first-order chi connectivity index (χ1) is 14.6. The van der Waals surface area contributed by atoms with Crippen molar-refractivity contribution in [3.8, 4) is 11.1 Å². The number of hydrogen-bond donors (Lipinski definition) is 1. The molecule has 148 valence electrons. The number of carboxylic acids is 1. The van der Waals surface area contributed by atoms with E-state index < -0.39 is 11.9 Å². The molecule has 1 aliphatic rings. The molecule has 0 bridgehead atoms. The highest BCUT2D eigenvalue weighted by atomic mass is 16.6. The SMILES string of the molecule is O=C(O)c1ccc2ccccc2c1-c1c(C(=O)OCC2CO2)ccc2ccccc12. The number of aromatic carboxylic acids is 1. The normalized spacial score (nSPS) is 15.3. The van der Waals surface area contributed by atoms with Crippen LogP contribution in [-0.2, 0) is 9.47 Å². The Kier molecular flexibility index (Phi) is 4.45.